The first kappa shape index (κ1) is 18.7. The zero-order valence-electron chi connectivity index (χ0n) is 15.5. The maximum atomic E-state index is 12.8. The minimum atomic E-state index is -0.234. The van der Waals surface area contributed by atoms with Crippen molar-refractivity contribution >= 4 is 23.3 Å². The van der Waals surface area contributed by atoms with Gasteiger partial charge in [-0.1, -0.05) is 25.1 Å². The molecule has 1 heterocycles. The van der Waals surface area contributed by atoms with Crippen molar-refractivity contribution in [2.75, 3.05) is 37.0 Å². The summed E-state index contributed by atoms with van der Waals surface area (Å²) in [4.78, 5) is 26.4. The lowest BCUT2D eigenvalue weighted by atomic mass is 10.1. The van der Waals surface area contributed by atoms with Crippen LogP contribution in [0.25, 0.3) is 0 Å². The van der Waals surface area contributed by atoms with E-state index in [1.54, 1.807) is 30.2 Å². The number of hydrogen-bond donors (Lipinski definition) is 3. The fraction of sp³-hybridized carbons (Fsp3) is 0.300. The molecule has 0 unspecified atom stereocenters. The van der Waals surface area contributed by atoms with Crippen molar-refractivity contribution in [1.82, 2.24) is 10.6 Å². The molecule has 1 fully saturated rings. The normalized spacial score (nSPS) is 13.4. The Morgan fingerprint density at radius 1 is 1.26 bits per heavy atom. The molecule has 1 aliphatic rings. The van der Waals surface area contributed by atoms with Gasteiger partial charge in [-0.2, -0.15) is 0 Å². The van der Waals surface area contributed by atoms with Gasteiger partial charge in [-0.3, -0.25) is 9.69 Å². The predicted octanol–water partition coefficient (Wildman–Crippen LogP) is 2.59. The van der Waals surface area contributed by atoms with Gasteiger partial charge < -0.3 is 20.7 Å². The number of carbonyl (C=O) groups excluding carboxylic acids is 2. The van der Waals surface area contributed by atoms with E-state index in [0.717, 1.165) is 17.8 Å². The van der Waals surface area contributed by atoms with Gasteiger partial charge in [-0.05, 0) is 36.4 Å². The third-order valence-corrected chi connectivity index (χ3v) is 4.42. The zero-order valence-corrected chi connectivity index (χ0v) is 15.5. The van der Waals surface area contributed by atoms with E-state index in [-0.39, 0.29) is 11.9 Å². The number of hydrogen-bond acceptors (Lipinski definition) is 4. The van der Waals surface area contributed by atoms with Crippen LogP contribution in [-0.2, 0) is 6.54 Å². The lowest BCUT2D eigenvalue weighted by molar-refractivity contribution is 0.102. The number of anilines is 2. The number of benzene rings is 2. The molecule has 3 amide bonds. The maximum Gasteiger partial charge on any atom is 0.322 e. The third kappa shape index (κ3) is 4.20. The van der Waals surface area contributed by atoms with Gasteiger partial charge in [-0.15, -0.1) is 0 Å². The molecular formula is C20H24N4O3. The highest BCUT2D eigenvalue weighted by Gasteiger charge is 2.25. The second-order valence-corrected chi connectivity index (χ2v) is 6.16. The number of para-hydroxylation sites is 1. The quantitative estimate of drug-likeness (QED) is 0.702. The highest BCUT2D eigenvalue weighted by molar-refractivity contribution is 6.06. The van der Waals surface area contributed by atoms with Crippen LogP contribution >= 0.6 is 0 Å². The molecule has 0 radical (unpaired) electrons. The highest BCUT2D eigenvalue weighted by Crippen LogP contribution is 2.31. The van der Waals surface area contributed by atoms with Gasteiger partial charge in [0.15, 0.2) is 0 Å². The van der Waals surface area contributed by atoms with Crippen molar-refractivity contribution in [3.8, 4) is 5.75 Å². The van der Waals surface area contributed by atoms with Crippen LogP contribution in [0.5, 0.6) is 5.75 Å². The number of amides is 3. The predicted molar refractivity (Wildman–Crippen MR) is 106 cm³/mol. The van der Waals surface area contributed by atoms with E-state index < -0.39 is 0 Å². The largest absolute Gasteiger partial charge is 0.495 e. The minimum Gasteiger partial charge on any atom is -0.495 e. The van der Waals surface area contributed by atoms with Crippen molar-refractivity contribution in [1.29, 1.82) is 0 Å². The van der Waals surface area contributed by atoms with E-state index in [1.807, 2.05) is 31.2 Å². The fourth-order valence-corrected chi connectivity index (χ4v) is 2.99. The molecule has 0 aliphatic carbocycles. The highest BCUT2D eigenvalue weighted by atomic mass is 16.5. The molecule has 7 nitrogen and oxygen atoms in total. The van der Waals surface area contributed by atoms with E-state index in [9.17, 15) is 9.59 Å². The van der Waals surface area contributed by atoms with Gasteiger partial charge in [0, 0.05) is 30.9 Å². The van der Waals surface area contributed by atoms with E-state index in [4.69, 9.17) is 4.74 Å². The average Bonchev–Trinajstić information content (AvgIpc) is 3.12. The first-order chi connectivity index (χ1) is 13.1. The molecule has 0 atom stereocenters. The van der Waals surface area contributed by atoms with Crippen molar-refractivity contribution in [2.45, 2.75) is 13.5 Å². The molecule has 0 saturated carbocycles. The molecule has 2 aromatic rings. The Morgan fingerprint density at radius 3 is 2.78 bits per heavy atom. The molecule has 0 bridgehead atoms. The van der Waals surface area contributed by atoms with Gasteiger partial charge in [0.2, 0.25) is 0 Å². The standard InChI is InChI=1S/C20H24N4O3/c1-3-21-13-15-6-4-5-7-16(15)23-19(25)14-8-9-18(27-2)17(12-14)24-11-10-22-20(24)26/h4-9,12,21H,3,10-11,13H2,1-2H3,(H,22,26)(H,23,25). The Labute approximate surface area is 158 Å². The molecule has 1 saturated heterocycles. The van der Waals surface area contributed by atoms with Gasteiger partial charge in [0.05, 0.1) is 12.8 Å². The number of nitrogens with zero attached hydrogens (tertiary/aromatic N) is 1. The summed E-state index contributed by atoms with van der Waals surface area (Å²) in [5.74, 6) is 0.318. The fourth-order valence-electron chi connectivity index (χ4n) is 2.99. The van der Waals surface area contributed by atoms with E-state index >= 15 is 0 Å². The molecule has 142 valence electrons. The molecule has 1 aliphatic heterocycles. The first-order valence-corrected chi connectivity index (χ1v) is 8.97. The van der Waals surface area contributed by atoms with Crippen molar-refractivity contribution in [3.63, 3.8) is 0 Å². The average molecular weight is 368 g/mol. The second-order valence-electron chi connectivity index (χ2n) is 6.16. The van der Waals surface area contributed by atoms with Crippen LogP contribution < -0.4 is 25.6 Å². The summed E-state index contributed by atoms with van der Waals surface area (Å²) >= 11 is 0. The van der Waals surface area contributed by atoms with Crippen LogP contribution in [0.2, 0.25) is 0 Å². The monoisotopic (exact) mass is 368 g/mol. The number of rotatable bonds is 7. The van der Waals surface area contributed by atoms with Crippen molar-refractivity contribution < 1.29 is 14.3 Å². The smallest absolute Gasteiger partial charge is 0.322 e. The van der Waals surface area contributed by atoms with Crippen LogP contribution in [0.15, 0.2) is 42.5 Å². The summed E-state index contributed by atoms with van der Waals surface area (Å²) in [6.07, 6.45) is 0. The van der Waals surface area contributed by atoms with Crippen LogP contribution in [0.4, 0.5) is 16.2 Å². The molecule has 2 aromatic carbocycles. The molecule has 0 spiro atoms. The lowest BCUT2D eigenvalue weighted by Gasteiger charge is -2.19. The number of nitrogens with one attached hydrogen (secondary N) is 3. The van der Waals surface area contributed by atoms with Crippen LogP contribution in [0.3, 0.4) is 0 Å². The molecule has 3 rings (SSSR count). The maximum absolute atomic E-state index is 12.8. The third-order valence-electron chi connectivity index (χ3n) is 4.42. The summed E-state index contributed by atoms with van der Waals surface area (Å²) in [6, 6.07) is 12.6. The summed E-state index contributed by atoms with van der Waals surface area (Å²) in [6.45, 7) is 4.66. The molecular weight excluding hydrogens is 344 g/mol. The van der Waals surface area contributed by atoms with Gasteiger partial charge >= 0.3 is 6.03 Å². The van der Waals surface area contributed by atoms with Crippen LogP contribution in [0.1, 0.15) is 22.8 Å². The number of ether oxygens (including phenoxy) is 1. The Kier molecular flexibility index (Phi) is 5.93. The summed E-state index contributed by atoms with van der Waals surface area (Å²) < 4.78 is 5.36. The van der Waals surface area contributed by atoms with Gasteiger partial charge in [-0.25, -0.2) is 4.79 Å². The molecule has 7 heteroatoms. The molecule has 3 N–H and O–H groups in total. The van der Waals surface area contributed by atoms with Gasteiger partial charge in [0.1, 0.15) is 5.75 Å². The number of carbonyl (C=O) groups is 2. The summed E-state index contributed by atoms with van der Waals surface area (Å²) in [7, 11) is 1.55. The van der Waals surface area contributed by atoms with Crippen LogP contribution in [0, 0.1) is 0 Å². The molecule has 27 heavy (non-hydrogen) atoms. The first-order valence-electron chi connectivity index (χ1n) is 8.97. The molecule has 0 aromatic heterocycles. The van der Waals surface area contributed by atoms with Crippen molar-refractivity contribution in [3.05, 3.63) is 53.6 Å². The van der Waals surface area contributed by atoms with E-state index in [0.29, 0.717) is 36.6 Å². The number of urea groups is 1. The summed E-state index contributed by atoms with van der Waals surface area (Å²) in [5, 5.41) is 8.99. The van der Waals surface area contributed by atoms with Gasteiger partial charge in [0.25, 0.3) is 5.91 Å². The van der Waals surface area contributed by atoms with E-state index in [2.05, 4.69) is 16.0 Å². The Morgan fingerprint density at radius 2 is 2.07 bits per heavy atom. The zero-order chi connectivity index (χ0) is 19.2. The van der Waals surface area contributed by atoms with Crippen molar-refractivity contribution in [2.24, 2.45) is 0 Å². The Bertz CT molecular complexity index is 838. The SMILES string of the molecule is CCNCc1ccccc1NC(=O)c1ccc(OC)c(N2CCNC2=O)c1. The lowest BCUT2D eigenvalue weighted by Crippen LogP contribution is -2.28. The Balaban J connectivity index is 1.84. The minimum absolute atomic E-state index is 0.193. The van der Waals surface area contributed by atoms with E-state index in [1.165, 1.54) is 0 Å². The topological polar surface area (TPSA) is 82.7 Å². The summed E-state index contributed by atoms with van der Waals surface area (Å²) in [5.41, 5.74) is 2.82. The number of methoxy groups -OCH3 is 1. The Hall–Kier alpha value is -3.06. The second kappa shape index (κ2) is 8.55. The van der Waals surface area contributed by atoms with Crippen LogP contribution in [-0.4, -0.2) is 38.7 Å².